The number of rotatable bonds is 5. The monoisotopic (exact) mass is 401 g/mol. The number of nitrogens with one attached hydrogen (secondary N) is 1. The number of piperazine rings is 1. The number of benzene rings is 2. The molecule has 2 saturated heterocycles. The molecule has 0 aromatic heterocycles. The minimum atomic E-state index is -0.338. The van der Waals surface area contributed by atoms with Gasteiger partial charge in [0.2, 0.25) is 0 Å². The molecular formula is C21H24ClN3O3. The molecule has 0 saturated carbocycles. The highest BCUT2D eigenvalue weighted by molar-refractivity contribution is 6.30. The molecule has 2 fully saturated rings. The topological polar surface area (TPSA) is 54.0 Å². The number of amides is 1. The molecule has 4 rings (SSSR count). The average molecular weight is 402 g/mol. The summed E-state index contributed by atoms with van der Waals surface area (Å²) in [5.41, 5.74) is 1.75. The van der Waals surface area contributed by atoms with Crippen LogP contribution in [0.5, 0.6) is 5.75 Å². The number of carbonyl (C=O) groups is 1. The molecule has 1 N–H and O–H groups in total. The summed E-state index contributed by atoms with van der Waals surface area (Å²) < 4.78 is 11.3. The van der Waals surface area contributed by atoms with Gasteiger partial charge in [0.25, 0.3) is 0 Å². The van der Waals surface area contributed by atoms with Crippen LogP contribution in [0.1, 0.15) is 11.6 Å². The maximum atomic E-state index is 12.9. The van der Waals surface area contributed by atoms with Gasteiger partial charge in [0.05, 0.1) is 7.11 Å². The second-order valence-electron chi connectivity index (χ2n) is 7.04. The molecule has 28 heavy (non-hydrogen) atoms. The molecule has 2 heterocycles. The SMILES string of the molecule is COc1cccc([C@H]2[C@H](CN3CCNCC3)OC(=O)N2c2ccc(Cl)cc2)c1. The van der Waals surface area contributed by atoms with Crippen molar-refractivity contribution in [3.05, 3.63) is 59.1 Å². The molecule has 0 spiro atoms. The van der Waals surface area contributed by atoms with Crippen LogP contribution in [0.4, 0.5) is 10.5 Å². The summed E-state index contributed by atoms with van der Waals surface area (Å²) >= 11 is 6.04. The minimum absolute atomic E-state index is 0.237. The smallest absolute Gasteiger partial charge is 0.415 e. The lowest BCUT2D eigenvalue weighted by molar-refractivity contribution is 0.0915. The van der Waals surface area contributed by atoms with E-state index in [1.807, 2.05) is 36.4 Å². The van der Waals surface area contributed by atoms with Gasteiger partial charge in [-0.1, -0.05) is 23.7 Å². The Morgan fingerprint density at radius 2 is 1.93 bits per heavy atom. The highest BCUT2D eigenvalue weighted by atomic mass is 35.5. The van der Waals surface area contributed by atoms with Crippen molar-refractivity contribution in [2.75, 3.05) is 44.7 Å². The summed E-state index contributed by atoms with van der Waals surface area (Å²) in [5, 5.41) is 3.99. The predicted molar refractivity (Wildman–Crippen MR) is 109 cm³/mol. The predicted octanol–water partition coefficient (Wildman–Crippen LogP) is 3.32. The van der Waals surface area contributed by atoms with E-state index in [1.54, 1.807) is 24.1 Å². The van der Waals surface area contributed by atoms with Crippen LogP contribution in [0.3, 0.4) is 0 Å². The standard InChI is InChI=1S/C21H24ClN3O3/c1-27-18-4-2-3-15(13-18)20-19(14-24-11-9-23-10-12-24)28-21(26)25(20)17-7-5-16(22)6-8-17/h2-8,13,19-20,23H,9-12,14H2,1H3/t19-,20-/m0/s1. The molecule has 0 unspecified atom stereocenters. The van der Waals surface area contributed by atoms with Gasteiger partial charge in [-0.2, -0.15) is 0 Å². The second-order valence-corrected chi connectivity index (χ2v) is 7.48. The van der Waals surface area contributed by atoms with Crippen molar-refractivity contribution in [2.24, 2.45) is 0 Å². The average Bonchev–Trinajstić information content (AvgIpc) is 3.05. The van der Waals surface area contributed by atoms with Crippen molar-refractivity contribution in [3.63, 3.8) is 0 Å². The number of nitrogens with zero attached hydrogens (tertiary/aromatic N) is 2. The van der Waals surface area contributed by atoms with E-state index in [0.29, 0.717) is 11.6 Å². The molecular weight excluding hydrogens is 378 g/mol. The highest BCUT2D eigenvalue weighted by Gasteiger charge is 2.44. The fourth-order valence-electron chi connectivity index (χ4n) is 3.87. The third-order valence-electron chi connectivity index (χ3n) is 5.27. The molecule has 0 radical (unpaired) electrons. The van der Waals surface area contributed by atoms with Gasteiger partial charge in [-0.3, -0.25) is 9.80 Å². The van der Waals surface area contributed by atoms with Gasteiger partial charge in [0.15, 0.2) is 0 Å². The van der Waals surface area contributed by atoms with Crippen molar-refractivity contribution >= 4 is 23.4 Å². The van der Waals surface area contributed by atoms with E-state index >= 15 is 0 Å². The third-order valence-corrected chi connectivity index (χ3v) is 5.52. The zero-order valence-electron chi connectivity index (χ0n) is 15.8. The Bertz CT molecular complexity index is 824. The van der Waals surface area contributed by atoms with Crippen LogP contribution in [0, 0.1) is 0 Å². The molecule has 1 amide bonds. The van der Waals surface area contributed by atoms with E-state index in [-0.39, 0.29) is 18.2 Å². The summed E-state index contributed by atoms with van der Waals surface area (Å²) in [6.45, 7) is 4.48. The largest absolute Gasteiger partial charge is 0.497 e. The van der Waals surface area contributed by atoms with Crippen molar-refractivity contribution in [1.82, 2.24) is 10.2 Å². The first-order valence-corrected chi connectivity index (χ1v) is 9.86. The number of cyclic esters (lactones) is 1. The van der Waals surface area contributed by atoms with Gasteiger partial charge < -0.3 is 14.8 Å². The summed E-state index contributed by atoms with van der Waals surface area (Å²) in [7, 11) is 1.64. The lowest BCUT2D eigenvalue weighted by Crippen LogP contribution is -2.47. The Morgan fingerprint density at radius 1 is 1.18 bits per heavy atom. The molecule has 2 aliphatic heterocycles. The first-order chi connectivity index (χ1) is 13.7. The van der Waals surface area contributed by atoms with Crippen LogP contribution in [-0.2, 0) is 4.74 Å². The van der Waals surface area contributed by atoms with E-state index in [2.05, 4.69) is 10.2 Å². The van der Waals surface area contributed by atoms with E-state index < -0.39 is 0 Å². The maximum Gasteiger partial charge on any atom is 0.415 e. The van der Waals surface area contributed by atoms with Crippen molar-refractivity contribution < 1.29 is 14.3 Å². The van der Waals surface area contributed by atoms with Gasteiger partial charge in [0.1, 0.15) is 17.9 Å². The van der Waals surface area contributed by atoms with Crippen LogP contribution in [0.25, 0.3) is 0 Å². The number of hydrogen-bond acceptors (Lipinski definition) is 5. The van der Waals surface area contributed by atoms with Crippen LogP contribution in [0.2, 0.25) is 5.02 Å². The molecule has 6 nitrogen and oxygen atoms in total. The minimum Gasteiger partial charge on any atom is -0.497 e. The molecule has 2 atom stereocenters. The van der Waals surface area contributed by atoms with E-state index in [1.165, 1.54) is 0 Å². The molecule has 0 bridgehead atoms. The first kappa shape index (κ1) is 19.1. The van der Waals surface area contributed by atoms with E-state index in [4.69, 9.17) is 21.1 Å². The zero-order valence-corrected chi connectivity index (χ0v) is 16.6. The van der Waals surface area contributed by atoms with Gasteiger partial charge in [-0.05, 0) is 42.0 Å². The number of carbonyl (C=O) groups excluding carboxylic acids is 1. The van der Waals surface area contributed by atoms with Crippen molar-refractivity contribution in [2.45, 2.75) is 12.1 Å². The number of anilines is 1. The first-order valence-electron chi connectivity index (χ1n) is 9.48. The van der Waals surface area contributed by atoms with Gasteiger partial charge >= 0.3 is 6.09 Å². The van der Waals surface area contributed by atoms with E-state index in [0.717, 1.165) is 43.2 Å². The van der Waals surface area contributed by atoms with Crippen LogP contribution in [0.15, 0.2) is 48.5 Å². The molecule has 7 heteroatoms. The molecule has 2 aromatic carbocycles. The fourth-order valence-corrected chi connectivity index (χ4v) is 4.00. The van der Waals surface area contributed by atoms with Gasteiger partial charge in [0, 0.05) is 43.4 Å². The Kier molecular flexibility index (Phi) is 5.71. The number of halogens is 1. The van der Waals surface area contributed by atoms with Gasteiger partial charge in [-0.15, -0.1) is 0 Å². The Hall–Kier alpha value is -2.28. The lowest BCUT2D eigenvalue weighted by atomic mass is 9.99. The Labute approximate surface area is 170 Å². The van der Waals surface area contributed by atoms with Crippen LogP contribution < -0.4 is 15.0 Å². The Balaban J connectivity index is 1.68. The van der Waals surface area contributed by atoms with E-state index in [9.17, 15) is 4.79 Å². The molecule has 0 aliphatic carbocycles. The third kappa shape index (κ3) is 3.94. The second kappa shape index (κ2) is 8.39. The summed E-state index contributed by atoms with van der Waals surface area (Å²) in [6, 6.07) is 14.9. The number of hydrogen-bond donors (Lipinski definition) is 1. The van der Waals surface area contributed by atoms with Crippen molar-refractivity contribution in [1.29, 1.82) is 0 Å². The fraction of sp³-hybridized carbons (Fsp3) is 0.381. The van der Waals surface area contributed by atoms with Crippen molar-refractivity contribution in [3.8, 4) is 5.75 Å². The highest BCUT2D eigenvalue weighted by Crippen LogP contribution is 2.39. The molecule has 2 aromatic rings. The summed E-state index contributed by atoms with van der Waals surface area (Å²) in [6.07, 6.45) is -0.608. The van der Waals surface area contributed by atoms with Crippen LogP contribution >= 0.6 is 11.6 Å². The number of ether oxygens (including phenoxy) is 2. The van der Waals surface area contributed by atoms with Gasteiger partial charge in [-0.25, -0.2) is 4.79 Å². The lowest BCUT2D eigenvalue weighted by Gasteiger charge is -2.31. The normalized spacial score (nSPS) is 22.9. The zero-order chi connectivity index (χ0) is 19.5. The quantitative estimate of drug-likeness (QED) is 0.832. The maximum absolute atomic E-state index is 12.9. The number of methoxy groups -OCH3 is 1. The summed E-state index contributed by atoms with van der Waals surface area (Å²) in [4.78, 5) is 16.9. The van der Waals surface area contributed by atoms with Crippen LogP contribution in [-0.4, -0.2) is 56.9 Å². The molecule has 148 valence electrons. The summed E-state index contributed by atoms with van der Waals surface area (Å²) in [5.74, 6) is 0.758. The molecule has 2 aliphatic rings. The Morgan fingerprint density at radius 3 is 2.64 bits per heavy atom.